The van der Waals surface area contributed by atoms with Crippen LogP contribution in [-0.2, 0) is 11.2 Å². The summed E-state index contributed by atoms with van der Waals surface area (Å²) in [5.74, 6) is -0.199. The lowest BCUT2D eigenvalue weighted by Crippen LogP contribution is -2.25. The highest BCUT2D eigenvalue weighted by Gasteiger charge is 2.24. The molecular weight excluding hydrogens is 402 g/mol. The zero-order valence-electron chi connectivity index (χ0n) is 18.2. The SMILES string of the molecule is Cc1nc2c3ccccc3nn2c(C)c1CCC(=O)Nc1cccc(C(=O)NC2CC2)c1. The molecule has 0 bridgehead atoms. The van der Waals surface area contributed by atoms with Crippen LogP contribution in [0.5, 0.6) is 0 Å². The van der Waals surface area contributed by atoms with Crippen LogP contribution in [0.2, 0.25) is 0 Å². The minimum atomic E-state index is -0.103. The van der Waals surface area contributed by atoms with Gasteiger partial charge in [-0.25, -0.2) is 9.50 Å². The Morgan fingerprint density at radius 3 is 2.72 bits per heavy atom. The van der Waals surface area contributed by atoms with Crippen molar-refractivity contribution < 1.29 is 9.59 Å². The van der Waals surface area contributed by atoms with Gasteiger partial charge in [0.05, 0.1) is 5.52 Å². The molecule has 1 fully saturated rings. The van der Waals surface area contributed by atoms with E-state index in [1.807, 2.05) is 42.6 Å². The molecule has 2 N–H and O–H groups in total. The Labute approximate surface area is 185 Å². The first-order valence-electron chi connectivity index (χ1n) is 10.9. The molecule has 162 valence electrons. The van der Waals surface area contributed by atoms with Gasteiger partial charge in [-0.15, -0.1) is 0 Å². The van der Waals surface area contributed by atoms with Crippen molar-refractivity contribution in [1.29, 1.82) is 0 Å². The summed E-state index contributed by atoms with van der Waals surface area (Å²) in [7, 11) is 0. The molecule has 0 spiro atoms. The van der Waals surface area contributed by atoms with Gasteiger partial charge in [-0.2, -0.15) is 5.10 Å². The number of aromatic nitrogens is 3. The number of hydrogen-bond donors (Lipinski definition) is 2. The van der Waals surface area contributed by atoms with Gasteiger partial charge in [0.1, 0.15) is 0 Å². The van der Waals surface area contributed by atoms with Crippen LogP contribution in [0.4, 0.5) is 5.69 Å². The van der Waals surface area contributed by atoms with Gasteiger partial charge < -0.3 is 10.6 Å². The molecule has 0 unspecified atom stereocenters. The lowest BCUT2D eigenvalue weighted by Gasteiger charge is -2.12. The van der Waals surface area contributed by atoms with E-state index < -0.39 is 0 Å². The van der Waals surface area contributed by atoms with E-state index in [-0.39, 0.29) is 11.8 Å². The van der Waals surface area contributed by atoms with Crippen molar-refractivity contribution in [3.63, 3.8) is 0 Å². The first-order valence-corrected chi connectivity index (χ1v) is 10.9. The summed E-state index contributed by atoms with van der Waals surface area (Å²) < 4.78 is 1.87. The van der Waals surface area contributed by atoms with Gasteiger partial charge in [0.15, 0.2) is 5.65 Å². The topological polar surface area (TPSA) is 88.4 Å². The van der Waals surface area contributed by atoms with Crippen LogP contribution in [0.1, 0.15) is 46.6 Å². The molecule has 32 heavy (non-hydrogen) atoms. The zero-order valence-corrected chi connectivity index (χ0v) is 18.2. The summed E-state index contributed by atoms with van der Waals surface area (Å²) >= 11 is 0. The minimum Gasteiger partial charge on any atom is -0.349 e. The van der Waals surface area contributed by atoms with E-state index in [9.17, 15) is 9.59 Å². The van der Waals surface area contributed by atoms with E-state index in [0.29, 0.717) is 30.1 Å². The number of anilines is 1. The summed E-state index contributed by atoms with van der Waals surface area (Å²) in [4.78, 5) is 29.6. The van der Waals surface area contributed by atoms with Crippen molar-refractivity contribution in [2.45, 2.75) is 45.6 Å². The average Bonchev–Trinajstić information content (AvgIpc) is 3.52. The van der Waals surface area contributed by atoms with E-state index in [1.165, 1.54) is 0 Å². The third-order valence-corrected chi connectivity index (χ3v) is 5.94. The molecular formula is C25H25N5O2. The summed E-state index contributed by atoms with van der Waals surface area (Å²) in [5, 5.41) is 11.6. The highest BCUT2D eigenvalue weighted by Crippen LogP contribution is 2.23. The molecule has 2 heterocycles. The first-order chi connectivity index (χ1) is 15.5. The minimum absolute atomic E-state index is 0.0964. The lowest BCUT2D eigenvalue weighted by molar-refractivity contribution is -0.116. The summed E-state index contributed by atoms with van der Waals surface area (Å²) in [6, 6.07) is 15.3. The molecule has 5 rings (SSSR count). The van der Waals surface area contributed by atoms with Crippen LogP contribution in [0.15, 0.2) is 48.5 Å². The van der Waals surface area contributed by atoms with Gasteiger partial charge in [-0.05, 0) is 69.0 Å². The largest absolute Gasteiger partial charge is 0.349 e. The molecule has 2 amide bonds. The normalized spacial score (nSPS) is 13.4. The van der Waals surface area contributed by atoms with Gasteiger partial charge in [0, 0.05) is 40.5 Å². The standard InChI is InChI=1S/C25H25N5O2/c1-15-20(16(2)30-24(26-15)21-8-3-4-9-22(21)29-30)12-13-23(31)27-19-7-5-6-17(14-19)25(32)28-18-10-11-18/h3-9,14,18H,10-13H2,1-2H3,(H,27,31)(H,28,32). The van der Waals surface area contributed by atoms with Crippen LogP contribution in [0, 0.1) is 13.8 Å². The molecule has 0 atom stereocenters. The van der Waals surface area contributed by atoms with Crippen molar-refractivity contribution in [1.82, 2.24) is 19.9 Å². The van der Waals surface area contributed by atoms with E-state index in [0.717, 1.165) is 46.3 Å². The Morgan fingerprint density at radius 1 is 1.09 bits per heavy atom. The first kappa shape index (κ1) is 20.2. The maximum Gasteiger partial charge on any atom is 0.251 e. The van der Waals surface area contributed by atoms with Crippen molar-refractivity contribution >= 4 is 34.1 Å². The van der Waals surface area contributed by atoms with Crippen molar-refractivity contribution in [2.24, 2.45) is 0 Å². The second-order valence-corrected chi connectivity index (χ2v) is 8.39. The molecule has 1 aliphatic rings. The Hall–Kier alpha value is -3.74. The molecule has 4 aromatic rings. The number of carbonyl (C=O) groups is 2. The average molecular weight is 428 g/mol. The van der Waals surface area contributed by atoms with E-state index in [4.69, 9.17) is 4.98 Å². The monoisotopic (exact) mass is 427 g/mol. The predicted molar refractivity (Wildman–Crippen MR) is 124 cm³/mol. The molecule has 2 aromatic carbocycles. The third-order valence-electron chi connectivity index (χ3n) is 5.94. The van der Waals surface area contributed by atoms with Crippen LogP contribution in [-0.4, -0.2) is 32.5 Å². The lowest BCUT2D eigenvalue weighted by atomic mass is 10.1. The fourth-order valence-electron chi connectivity index (χ4n) is 4.03. The molecule has 0 aliphatic heterocycles. The molecule has 0 saturated heterocycles. The van der Waals surface area contributed by atoms with Crippen LogP contribution >= 0.6 is 0 Å². The van der Waals surface area contributed by atoms with Crippen molar-refractivity contribution in [3.05, 3.63) is 71.0 Å². The van der Waals surface area contributed by atoms with E-state index in [2.05, 4.69) is 15.7 Å². The maximum atomic E-state index is 12.6. The molecule has 0 radical (unpaired) electrons. The predicted octanol–water partition coefficient (Wildman–Crippen LogP) is 3.96. The second-order valence-electron chi connectivity index (χ2n) is 8.39. The number of rotatable bonds is 6. The Bertz CT molecular complexity index is 1350. The maximum absolute atomic E-state index is 12.6. The summed E-state index contributed by atoms with van der Waals surface area (Å²) in [6.07, 6.45) is 2.95. The Kier molecular flexibility index (Phi) is 5.09. The smallest absolute Gasteiger partial charge is 0.251 e. The number of nitrogens with one attached hydrogen (secondary N) is 2. The van der Waals surface area contributed by atoms with Crippen LogP contribution in [0.25, 0.3) is 16.6 Å². The molecule has 1 aliphatic carbocycles. The Morgan fingerprint density at radius 2 is 1.91 bits per heavy atom. The fraction of sp³-hybridized carbons (Fsp3) is 0.280. The van der Waals surface area contributed by atoms with E-state index in [1.54, 1.807) is 24.3 Å². The quantitative estimate of drug-likeness (QED) is 0.487. The van der Waals surface area contributed by atoms with Gasteiger partial charge >= 0.3 is 0 Å². The number of hydrogen-bond acceptors (Lipinski definition) is 4. The van der Waals surface area contributed by atoms with Gasteiger partial charge in [0.25, 0.3) is 5.91 Å². The molecule has 1 saturated carbocycles. The highest BCUT2D eigenvalue weighted by atomic mass is 16.2. The number of aryl methyl sites for hydroxylation is 2. The van der Waals surface area contributed by atoms with Crippen LogP contribution in [0.3, 0.4) is 0 Å². The van der Waals surface area contributed by atoms with Gasteiger partial charge in [-0.3, -0.25) is 9.59 Å². The number of fused-ring (bicyclic) bond motifs is 3. The second kappa shape index (κ2) is 8.07. The number of benzene rings is 2. The number of nitrogens with zero attached hydrogens (tertiary/aromatic N) is 3. The van der Waals surface area contributed by atoms with Gasteiger partial charge in [-0.1, -0.05) is 18.2 Å². The fourth-order valence-corrected chi connectivity index (χ4v) is 4.03. The molecule has 7 nitrogen and oxygen atoms in total. The molecule has 7 heteroatoms. The van der Waals surface area contributed by atoms with Crippen LogP contribution < -0.4 is 10.6 Å². The molecule has 2 aromatic heterocycles. The van der Waals surface area contributed by atoms with Crippen molar-refractivity contribution in [2.75, 3.05) is 5.32 Å². The number of amides is 2. The Balaban J connectivity index is 1.30. The zero-order chi connectivity index (χ0) is 22.2. The third kappa shape index (κ3) is 3.93. The summed E-state index contributed by atoms with van der Waals surface area (Å²) in [6.45, 7) is 3.99. The van der Waals surface area contributed by atoms with Crippen molar-refractivity contribution in [3.8, 4) is 0 Å². The van der Waals surface area contributed by atoms with Gasteiger partial charge in [0.2, 0.25) is 5.91 Å². The highest BCUT2D eigenvalue weighted by molar-refractivity contribution is 5.97. The number of carbonyl (C=O) groups excluding carboxylic acids is 2. The van der Waals surface area contributed by atoms with E-state index >= 15 is 0 Å². The summed E-state index contributed by atoms with van der Waals surface area (Å²) in [5.41, 5.74) is 5.86.